The summed E-state index contributed by atoms with van der Waals surface area (Å²) >= 11 is 0. The summed E-state index contributed by atoms with van der Waals surface area (Å²) in [6.45, 7) is 4.39. The summed E-state index contributed by atoms with van der Waals surface area (Å²) in [5.41, 5.74) is 0. The molecule has 1 N–H and O–H groups in total. The predicted molar refractivity (Wildman–Crippen MR) is 80.0 cm³/mol. The summed E-state index contributed by atoms with van der Waals surface area (Å²) < 4.78 is 5.36. The molecule has 3 fully saturated rings. The Kier molecular flexibility index (Phi) is 5.14. The molecule has 0 unspecified atom stereocenters. The maximum atomic E-state index is 12.3. The average Bonchev–Trinajstić information content (AvgIpc) is 3.15. The summed E-state index contributed by atoms with van der Waals surface area (Å²) in [5, 5.41) is 10.3. The third kappa shape index (κ3) is 3.76. The van der Waals surface area contributed by atoms with E-state index in [1.165, 1.54) is 25.7 Å². The zero-order valence-corrected chi connectivity index (χ0v) is 12.9. The van der Waals surface area contributed by atoms with Crippen molar-refractivity contribution in [2.24, 2.45) is 5.92 Å². The Morgan fingerprint density at radius 3 is 2.57 bits per heavy atom. The Bertz CT molecular complexity index is 351. The Morgan fingerprint density at radius 1 is 1.14 bits per heavy atom. The Balaban J connectivity index is 1.46. The lowest BCUT2D eigenvalue weighted by Crippen LogP contribution is -2.49. The minimum absolute atomic E-state index is 0.101. The number of carbonyl (C=O) groups is 1. The standard InChI is InChI=1S/C16H28N2O3/c19-15-12-18(11-14(15)17-7-9-21-10-8-17)16(20)6-5-13-3-1-2-4-13/h13-15,19H,1-12H2/t14-,15-/m1/s1. The number of carbonyl (C=O) groups excluding carboxylic acids is 1. The summed E-state index contributed by atoms with van der Waals surface area (Å²) in [5.74, 6) is 0.994. The molecule has 0 aromatic carbocycles. The molecule has 5 heteroatoms. The quantitative estimate of drug-likeness (QED) is 0.836. The lowest BCUT2D eigenvalue weighted by Gasteiger charge is -2.33. The van der Waals surface area contributed by atoms with E-state index >= 15 is 0 Å². The molecule has 0 radical (unpaired) electrons. The molecule has 1 aliphatic carbocycles. The van der Waals surface area contributed by atoms with Gasteiger partial charge in [-0.15, -0.1) is 0 Å². The van der Waals surface area contributed by atoms with Gasteiger partial charge in [0.2, 0.25) is 5.91 Å². The first-order chi connectivity index (χ1) is 10.2. The number of ether oxygens (including phenoxy) is 1. The molecule has 120 valence electrons. The third-order valence-corrected chi connectivity index (χ3v) is 5.37. The smallest absolute Gasteiger partial charge is 0.222 e. The molecule has 2 atom stereocenters. The van der Waals surface area contributed by atoms with Gasteiger partial charge < -0.3 is 14.7 Å². The SMILES string of the molecule is O=C(CCC1CCCC1)N1C[C@@H](O)[C@H](N2CCOCC2)C1. The number of hydrogen-bond acceptors (Lipinski definition) is 4. The highest BCUT2D eigenvalue weighted by Crippen LogP contribution is 2.29. The van der Waals surface area contributed by atoms with Gasteiger partial charge in [0.05, 0.1) is 25.4 Å². The number of hydrogen-bond donors (Lipinski definition) is 1. The van der Waals surface area contributed by atoms with E-state index in [4.69, 9.17) is 4.74 Å². The van der Waals surface area contributed by atoms with Crippen LogP contribution in [-0.2, 0) is 9.53 Å². The summed E-state index contributed by atoms with van der Waals surface area (Å²) in [6, 6.07) is 0.101. The van der Waals surface area contributed by atoms with E-state index in [0.717, 1.165) is 38.6 Å². The second kappa shape index (κ2) is 7.07. The molecule has 1 saturated carbocycles. The van der Waals surface area contributed by atoms with Crippen molar-refractivity contribution in [3.8, 4) is 0 Å². The third-order valence-electron chi connectivity index (χ3n) is 5.37. The van der Waals surface area contributed by atoms with E-state index in [1.807, 2.05) is 4.90 Å². The average molecular weight is 296 g/mol. The molecule has 5 nitrogen and oxygen atoms in total. The number of rotatable bonds is 4. The van der Waals surface area contributed by atoms with Gasteiger partial charge in [0.1, 0.15) is 0 Å². The van der Waals surface area contributed by atoms with Crippen LogP contribution >= 0.6 is 0 Å². The van der Waals surface area contributed by atoms with Crippen LogP contribution in [0.5, 0.6) is 0 Å². The Hall–Kier alpha value is -0.650. The second-order valence-corrected chi connectivity index (χ2v) is 6.77. The highest BCUT2D eigenvalue weighted by Gasteiger charge is 2.37. The number of morpholine rings is 1. The summed E-state index contributed by atoms with van der Waals surface area (Å²) in [4.78, 5) is 16.5. The van der Waals surface area contributed by atoms with E-state index in [9.17, 15) is 9.90 Å². The number of aliphatic hydroxyl groups excluding tert-OH is 1. The number of likely N-dealkylation sites (tertiary alicyclic amines) is 1. The molecule has 1 amide bonds. The molecule has 2 saturated heterocycles. The fourth-order valence-corrected chi connectivity index (χ4v) is 4.03. The van der Waals surface area contributed by atoms with Crippen molar-refractivity contribution < 1.29 is 14.6 Å². The van der Waals surface area contributed by atoms with Gasteiger partial charge >= 0.3 is 0 Å². The highest BCUT2D eigenvalue weighted by molar-refractivity contribution is 5.76. The van der Waals surface area contributed by atoms with Crippen molar-refractivity contribution in [3.05, 3.63) is 0 Å². The van der Waals surface area contributed by atoms with Crippen molar-refractivity contribution >= 4 is 5.91 Å². The van der Waals surface area contributed by atoms with Gasteiger partial charge in [0.25, 0.3) is 0 Å². The molecule has 2 aliphatic heterocycles. The van der Waals surface area contributed by atoms with Crippen molar-refractivity contribution in [3.63, 3.8) is 0 Å². The van der Waals surface area contributed by atoms with Crippen molar-refractivity contribution in [2.75, 3.05) is 39.4 Å². The van der Waals surface area contributed by atoms with Crippen LogP contribution in [0, 0.1) is 5.92 Å². The lowest BCUT2D eigenvalue weighted by molar-refractivity contribution is -0.130. The topological polar surface area (TPSA) is 53.0 Å². The molecule has 0 aromatic heterocycles. The largest absolute Gasteiger partial charge is 0.390 e. The van der Waals surface area contributed by atoms with Crippen LogP contribution in [0.15, 0.2) is 0 Å². The number of β-amino-alcohol motifs (C(OH)–C–C–N with tert-alkyl or cyclic N) is 1. The first-order valence-electron chi connectivity index (χ1n) is 8.51. The van der Waals surface area contributed by atoms with E-state index in [-0.39, 0.29) is 11.9 Å². The van der Waals surface area contributed by atoms with Crippen LogP contribution in [0.2, 0.25) is 0 Å². The van der Waals surface area contributed by atoms with Crippen LogP contribution in [0.3, 0.4) is 0 Å². The van der Waals surface area contributed by atoms with Crippen LogP contribution in [0.4, 0.5) is 0 Å². The van der Waals surface area contributed by atoms with Crippen LogP contribution in [0.25, 0.3) is 0 Å². The minimum Gasteiger partial charge on any atom is -0.390 e. The minimum atomic E-state index is -0.404. The van der Waals surface area contributed by atoms with E-state index in [2.05, 4.69) is 4.90 Å². The molecule has 0 aromatic rings. The van der Waals surface area contributed by atoms with E-state index in [0.29, 0.717) is 19.5 Å². The normalized spacial score (nSPS) is 32.0. The first-order valence-corrected chi connectivity index (χ1v) is 8.51. The van der Waals surface area contributed by atoms with Gasteiger partial charge in [0, 0.05) is 32.6 Å². The van der Waals surface area contributed by atoms with Gasteiger partial charge in [-0.05, 0) is 12.3 Å². The maximum absolute atomic E-state index is 12.3. The van der Waals surface area contributed by atoms with Gasteiger partial charge in [-0.25, -0.2) is 0 Å². The Morgan fingerprint density at radius 2 is 1.86 bits per heavy atom. The fourth-order valence-electron chi connectivity index (χ4n) is 4.03. The summed E-state index contributed by atoms with van der Waals surface area (Å²) in [6.07, 6.45) is 6.55. The maximum Gasteiger partial charge on any atom is 0.222 e. The molecular weight excluding hydrogens is 268 g/mol. The van der Waals surface area contributed by atoms with Crippen LogP contribution in [-0.4, -0.2) is 72.4 Å². The Labute approximate surface area is 127 Å². The molecule has 2 heterocycles. The predicted octanol–water partition coefficient (Wildman–Crippen LogP) is 0.861. The van der Waals surface area contributed by atoms with Gasteiger partial charge in [-0.3, -0.25) is 9.69 Å². The molecule has 0 spiro atoms. The van der Waals surface area contributed by atoms with Gasteiger partial charge in [-0.2, -0.15) is 0 Å². The molecule has 3 aliphatic rings. The number of nitrogens with zero attached hydrogens (tertiary/aromatic N) is 2. The fraction of sp³-hybridized carbons (Fsp3) is 0.938. The molecular formula is C16H28N2O3. The number of amides is 1. The van der Waals surface area contributed by atoms with Crippen LogP contribution < -0.4 is 0 Å². The van der Waals surface area contributed by atoms with Gasteiger partial charge in [0.15, 0.2) is 0 Å². The monoisotopic (exact) mass is 296 g/mol. The molecule has 3 rings (SSSR count). The highest BCUT2D eigenvalue weighted by atomic mass is 16.5. The van der Waals surface area contributed by atoms with E-state index < -0.39 is 6.10 Å². The zero-order valence-electron chi connectivity index (χ0n) is 12.9. The van der Waals surface area contributed by atoms with Crippen molar-refractivity contribution in [1.29, 1.82) is 0 Å². The van der Waals surface area contributed by atoms with Crippen molar-refractivity contribution in [1.82, 2.24) is 9.80 Å². The first kappa shape index (κ1) is 15.3. The van der Waals surface area contributed by atoms with E-state index in [1.54, 1.807) is 0 Å². The van der Waals surface area contributed by atoms with Gasteiger partial charge in [-0.1, -0.05) is 25.7 Å². The zero-order chi connectivity index (χ0) is 14.7. The summed E-state index contributed by atoms with van der Waals surface area (Å²) in [7, 11) is 0. The molecule has 21 heavy (non-hydrogen) atoms. The second-order valence-electron chi connectivity index (χ2n) is 6.77. The lowest BCUT2D eigenvalue weighted by atomic mass is 10.0. The van der Waals surface area contributed by atoms with Crippen LogP contribution in [0.1, 0.15) is 38.5 Å². The number of aliphatic hydroxyl groups is 1. The van der Waals surface area contributed by atoms with Crippen molar-refractivity contribution in [2.45, 2.75) is 50.7 Å². The molecule has 0 bridgehead atoms.